The highest BCUT2D eigenvalue weighted by molar-refractivity contribution is 7.15. The molecule has 5 nitrogen and oxygen atoms in total. The van der Waals surface area contributed by atoms with Crippen LogP contribution in [-0.4, -0.2) is 22.2 Å². The summed E-state index contributed by atoms with van der Waals surface area (Å²) in [6.45, 7) is 5.85. The quantitative estimate of drug-likeness (QED) is 0.919. The van der Waals surface area contributed by atoms with E-state index in [4.69, 9.17) is 4.74 Å². The van der Waals surface area contributed by atoms with Crippen molar-refractivity contribution in [2.24, 2.45) is 0 Å². The zero-order valence-electron chi connectivity index (χ0n) is 11.7. The van der Waals surface area contributed by atoms with Crippen molar-refractivity contribution in [3.05, 3.63) is 34.8 Å². The first-order valence-electron chi connectivity index (χ1n) is 6.49. The summed E-state index contributed by atoms with van der Waals surface area (Å²) in [7, 11) is 0. The average molecular weight is 291 g/mol. The highest BCUT2D eigenvalue weighted by atomic mass is 32.1. The van der Waals surface area contributed by atoms with E-state index in [1.807, 2.05) is 26.8 Å². The molecule has 1 heterocycles. The van der Waals surface area contributed by atoms with E-state index in [0.717, 1.165) is 11.4 Å². The van der Waals surface area contributed by atoms with Gasteiger partial charge in [0.1, 0.15) is 10.8 Å². The fraction of sp³-hybridized carbons (Fsp3) is 0.357. The van der Waals surface area contributed by atoms with Gasteiger partial charge >= 0.3 is 0 Å². The Morgan fingerprint density at radius 1 is 1.35 bits per heavy atom. The molecule has 1 amide bonds. The summed E-state index contributed by atoms with van der Waals surface area (Å²) in [5.74, 6) is 0.334. The van der Waals surface area contributed by atoms with E-state index in [9.17, 15) is 4.79 Å². The molecule has 20 heavy (non-hydrogen) atoms. The Hall–Kier alpha value is -1.95. The Balaban J connectivity index is 2.16. The van der Waals surface area contributed by atoms with Crippen molar-refractivity contribution in [1.82, 2.24) is 10.2 Å². The average Bonchev–Trinajstić information content (AvgIpc) is 2.86. The van der Waals surface area contributed by atoms with Gasteiger partial charge in [-0.05, 0) is 32.4 Å². The third-order valence-corrected chi connectivity index (χ3v) is 3.47. The maximum atomic E-state index is 12.3. The summed E-state index contributed by atoms with van der Waals surface area (Å²) in [5.41, 5.74) is 0.495. The largest absolute Gasteiger partial charge is 0.490 e. The number of ether oxygens (including phenoxy) is 1. The lowest BCUT2D eigenvalue weighted by atomic mass is 10.2. The number of aryl methyl sites for hydroxylation is 1. The minimum atomic E-state index is -0.236. The first kappa shape index (κ1) is 14.5. The summed E-state index contributed by atoms with van der Waals surface area (Å²) in [4.78, 5) is 12.3. The van der Waals surface area contributed by atoms with Crippen LogP contribution in [0.2, 0.25) is 0 Å². The number of aromatic nitrogens is 2. The first-order chi connectivity index (χ1) is 9.60. The Bertz CT molecular complexity index is 596. The molecule has 0 bridgehead atoms. The minimum Gasteiger partial charge on any atom is -0.490 e. The van der Waals surface area contributed by atoms with Crippen molar-refractivity contribution >= 4 is 22.4 Å². The van der Waals surface area contributed by atoms with Gasteiger partial charge in [0, 0.05) is 0 Å². The van der Waals surface area contributed by atoms with Crippen LogP contribution >= 0.6 is 11.3 Å². The zero-order chi connectivity index (χ0) is 14.5. The molecule has 106 valence electrons. The molecule has 0 radical (unpaired) electrons. The van der Waals surface area contributed by atoms with E-state index in [2.05, 4.69) is 15.5 Å². The molecule has 1 aromatic carbocycles. The van der Waals surface area contributed by atoms with Gasteiger partial charge in [-0.25, -0.2) is 0 Å². The third-order valence-electron chi connectivity index (χ3n) is 2.48. The monoisotopic (exact) mass is 291 g/mol. The van der Waals surface area contributed by atoms with Gasteiger partial charge in [-0.2, -0.15) is 0 Å². The molecule has 0 saturated heterocycles. The second kappa shape index (κ2) is 6.47. The van der Waals surface area contributed by atoms with Crippen LogP contribution in [-0.2, 0) is 6.42 Å². The molecular formula is C14H17N3O2S. The summed E-state index contributed by atoms with van der Waals surface area (Å²) >= 11 is 1.38. The number of nitrogens with zero attached hydrogens (tertiary/aromatic N) is 2. The molecule has 0 fully saturated rings. The van der Waals surface area contributed by atoms with Crippen LogP contribution in [0.15, 0.2) is 24.3 Å². The number of rotatable bonds is 5. The van der Waals surface area contributed by atoms with Gasteiger partial charge in [-0.1, -0.05) is 30.4 Å². The molecule has 1 N–H and O–H groups in total. The molecular weight excluding hydrogens is 274 g/mol. The lowest BCUT2D eigenvalue weighted by Gasteiger charge is -2.13. The molecule has 0 aliphatic heterocycles. The molecule has 0 atom stereocenters. The second-order valence-corrected chi connectivity index (χ2v) is 5.53. The van der Waals surface area contributed by atoms with Crippen molar-refractivity contribution in [2.75, 3.05) is 5.32 Å². The molecule has 0 aliphatic rings. The Morgan fingerprint density at radius 2 is 2.10 bits per heavy atom. The molecule has 2 rings (SSSR count). The van der Waals surface area contributed by atoms with Crippen molar-refractivity contribution < 1.29 is 9.53 Å². The predicted octanol–water partition coefficient (Wildman–Crippen LogP) is 3.14. The number of amides is 1. The highest BCUT2D eigenvalue weighted by Crippen LogP contribution is 2.22. The summed E-state index contributed by atoms with van der Waals surface area (Å²) in [5, 5.41) is 12.1. The Kier molecular flexibility index (Phi) is 4.68. The van der Waals surface area contributed by atoms with Gasteiger partial charge in [0.15, 0.2) is 0 Å². The van der Waals surface area contributed by atoms with Crippen molar-refractivity contribution in [3.63, 3.8) is 0 Å². The topological polar surface area (TPSA) is 64.1 Å². The number of nitrogens with one attached hydrogen (secondary N) is 1. The number of hydrogen-bond donors (Lipinski definition) is 1. The smallest absolute Gasteiger partial charge is 0.261 e. The molecule has 0 aliphatic carbocycles. The number of para-hydroxylation sites is 1. The number of carbonyl (C=O) groups excluding carboxylic acids is 1. The zero-order valence-corrected chi connectivity index (χ0v) is 12.5. The van der Waals surface area contributed by atoms with Gasteiger partial charge in [-0.15, -0.1) is 10.2 Å². The summed E-state index contributed by atoms with van der Waals surface area (Å²) in [6.07, 6.45) is 0.817. The summed E-state index contributed by atoms with van der Waals surface area (Å²) < 4.78 is 5.64. The van der Waals surface area contributed by atoms with Gasteiger partial charge in [0.05, 0.1) is 11.7 Å². The van der Waals surface area contributed by atoms with Crippen LogP contribution < -0.4 is 10.1 Å². The van der Waals surface area contributed by atoms with Crippen LogP contribution in [0.4, 0.5) is 5.13 Å². The standard InChI is InChI=1S/C14H17N3O2S/c1-4-12-16-17-14(20-12)15-13(18)10-7-5-6-8-11(10)19-9(2)3/h5-9H,4H2,1-3H3,(H,15,17,18). The van der Waals surface area contributed by atoms with Gasteiger partial charge in [-0.3, -0.25) is 10.1 Å². The molecule has 0 spiro atoms. The lowest BCUT2D eigenvalue weighted by molar-refractivity contribution is 0.102. The van der Waals surface area contributed by atoms with Gasteiger partial charge in [0.2, 0.25) is 5.13 Å². The third kappa shape index (κ3) is 3.54. The maximum absolute atomic E-state index is 12.3. The second-order valence-electron chi connectivity index (χ2n) is 4.47. The van der Waals surface area contributed by atoms with Crippen molar-refractivity contribution in [1.29, 1.82) is 0 Å². The number of anilines is 1. The van der Waals surface area contributed by atoms with E-state index in [1.165, 1.54) is 11.3 Å². The van der Waals surface area contributed by atoms with Crippen LogP contribution in [0.1, 0.15) is 36.1 Å². The SMILES string of the molecule is CCc1nnc(NC(=O)c2ccccc2OC(C)C)s1. The molecule has 2 aromatic rings. The molecule has 1 aromatic heterocycles. The molecule has 0 saturated carbocycles. The normalized spacial score (nSPS) is 10.6. The van der Waals surface area contributed by atoms with Crippen LogP contribution in [0.3, 0.4) is 0 Å². The van der Waals surface area contributed by atoms with Crippen molar-refractivity contribution in [3.8, 4) is 5.75 Å². The first-order valence-corrected chi connectivity index (χ1v) is 7.31. The van der Waals surface area contributed by atoms with Gasteiger partial charge in [0.25, 0.3) is 5.91 Å². The predicted molar refractivity (Wildman–Crippen MR) is 79.4 cm³/mol. The maximum Gasteiger partial charge on any atom is 0.261 e. The lowest BCUT2D eigenvalue weighted by Crippen LogP contribution is -2.15. The van der Waals surface area contributed by atoms with E-state index in [-0.39, 0.29) is 12.0 Å². The minimum absolute atomic E-state index is 0.0113. The van der Waals surface area contributed by atoms with Crippen LogP contribution in [0.5, 0.6) is 5.75 Å². The van der Waals surface area contributed by atoms with E-state index < -0.39 is 0 Å². The fourth-order valence-electron chi connectivity index (χ4n) is 1.62. The molecule has 0 unspecified atom stereocenters. The Labute approximate surface area is 122 Å². The number of hydrogen-bond acceptors (Lipinski definition) is 5. The van der Waals surface area contributed by atoms with Crippen molar-refractivity contribution in [2.45, 2.75) is 33.3 Å². The fourth-order valence-corrected chi connectivity index (χ4v) is 2.30. The summed E-state index contributed by atoms with van der Waals surface area (Å²) in [6, 6.07) is 7.16. The van der Waals surface area contributed by atoms with E-state index >= 15 is 0 Å². The number of carbonyl (C=O) groups is 1. The van der Waals surface area contributed by atoms with E-state index in [0.29, 0.717) is 16.4 Å². The van der Waals surface area contributed by atoms with Gasteiger partial charge < -0.3 is 4.74 Å². The Morgan fingerprint density at radius 3 is 2.75 bits per heavy atom. The molecule has 6 heteroatoms. The highest BCUT2D eigenvalue weighted by Gasteiger charge is 2.15. The van der Waals surface area contributed by atoms with E-state index in [1.54, 1.807) is 18.2 Å². The van der Waals surface area contributed by atoms with Crippen LogP contribution in [0, 0.1) is 0 Å². The van der Waals surface area contributed by atoms with Crippen LogP contribution in [0.25, 0.3) is 0 Å². The number of benzene rings is 1.